The maximum atomic E-state index is 10.1. The van der Waals surface area contributed by atoms with E-state index in [0.29, 0.717) is 6.54 Å². The van der Waals surface area contributed by atoms with Crippen LogP contribution in [0.15, 0.2) is 42.5 Å². The molecule has 0 radical (unpaired) electrons. The van der Waals surface area contributed by atoms with E-state index in [9.17, 15) is 5.26 Å². The molecule has 1 fully saturated rings. The Labute approximate surface area is 166 Å². The summed E-state index contributed by atoms with van der Waals surface area (Å²) in [5.74, 6) is 1.53. The van der Waals surface area contributed by atoms with Crippen molar-refractivity contribution in [1.82, 2.24) is 10.2 Å². The number of benzene rings is 2. The molecule has 2 aliphatic rings. The third kappa shape index (κ3) is 3.46. The lowest BCUT2D eigenvalue weighted by Crippen LogP contribution is -2.54. The lowest BCUT2D eigenvalue weighted by molar-refractivity contribution is 0.0907. The molecule has 0 bridgehead atoms. The topological polar surface area (TPSA) is 57.5 Å². The molecule has 2 aromatic rings. The zero-order valence-corrected chi connectivity index (χ0v) is 16.6. The van der Waals surface area contributed by atoms with Gasteiger partial charge in [-0.15, -0.1) is 0 Å². The van der Waals surface area contributed by atoms with Gasteiger partial charge >= 0.3 is 0 Å². The predicted octanol–water partition coefficient (Wildman–Crippen LogP) is 3.45. The van der Waals surface area contributed by atoms with Crippen molar-refractivity contribution in [2.75, 3.05) is 27.3 Å². The Hall–Kier alpha value is -2.55. The van der Waals surface area contributed by atoms with Crippen LogP contribution in [0.25, 0.3) is 0 Å². The van der Waals surface area contributed by atoms with Crippen LogP contribution in [0.3, 0.4) is 0 Å². The van der Waals surface area contributed by atoms with E-state index < -0.39 is 5.54 Å². The molecule has 2 aliphatic heterocycles. The van der Waals surface area contributed by atoms with E-state index in [1.807, 2.05) is 18.2 Å². The van der Waals surface area contributed by atoms with Crippen molar-refractivity contribution in [2.24, 2.45) is 0 Å². The average Bonchev–Trinajstić information content (AvgIpc) is 2.77. The largest absolute Gasteiger partial charge is 0.493 e. The number of hydrogen-bond acceptors (Lipinski definition) is 5. The smallest absolute Gasteiger partial charge is 0.161 e. The Kier molecular flexibility index (Phi) is 5.25. The van der Waals surface area contributed by atoms with E-state index in [0.717, 1.165) is 43.9 Å². The molecular formula is C23H27N3O2. The van der Waals surface area contributed by atoms with E-state index in [1.165, 1.54) is 16.7 Å². The molecule has 0 aliphatic carbocycles. The minimum atomic E-state index is -0.515. The van der Waals surface area contributed by atoms with Crippen LogP contribution >= 0.6 is 0 Å². The van der Waals surface area contributed by atoms with E-state index in [-0.39, 0.29) is 6.04 Å². The van der Waals surface area contributed by atoms with Crippen molar-refractivity contribution < 1.29 is 9.47 Å². The number of nitrogens with zero attached hydrogens (tertiary/aromatic N) is 2. The van der Waals surface area contributed by atoms with Crippen LogP contribution in [0.1, 0.15) is 35.6 Å². The maximum Gasteiger partial charge on any atom is 0.161 e. The zero-order valence-electron chi connectivity index (χ0n) is 16.6. The lowest BCUT2D eigenvalue weighted by atomic mass is 9.78. The number of fused-ring (bicyclic) bond motifs is 3. The van der Waals surface area contributed by atoms with Crippen molar-refractivity contribution in [1.29, 1.82) is 5.26 Å². The molecule has 5 nitrogen and oxygen atoms in total. The van der Waals surface area contributed by atoms with Crippen molar-refractivity contribution in [2.45, 2.75) is 37.4 Å². The van der Waals surface area contributed by atoms with Gasteiger partial charge < -0.3 is 9.47 Å². The molecule has 5 heteroatoms. The van der Waals surface area contributed by atoms with Crippen molar-refractivity contribution in [3.8, 4) is 17.6 Å². The second kappa shape index (κ2) is 7.83. The molecule has 0 saturated carbocycles. The van der Waals surface area contributed by atoms with Crippen LogP contribution in [0.4, 0.5) is 0 Å². The number of piperidine rings is 1. The monoisotopic (exact) mass is 377 g/mol. The molecule has 2 aromatic carbocycles. The quantitative estimate of drug-likeness (QED) is 0.865. The number of methoxy groups -OCH3 is 2. The van der Waals surface area contributed by atoms with Crippen molar-refractivity contribution in [3.63, 3.8) is 0 Å². The summed E-state index contributed by atoms with van der Waals surface area (Å²) < 4.78 is 11.0. The Morgan fingerprint density at radius 2 is 1.89 bits per heavy atom. The summed E-state index contributed by atoms with van der Waals surface area (Å²) in [6.07, 6.45) is 2.62. The third-order valence-electron chi connectivity index (χ3n) is 6.17. The summed E-state index contributed by atoms with van der Waals surface area (Å²) in [7, 11) is 3.35. The van der Waals surface area contributed by atoms with Gasteiger partial charge in [-0.25, -0.2) is 0 Å². The number of nitriles is 1. The minimum Gasteiger partial charge on any atom is -0.493 e. The molecule has 0 aromatic heterocycles. The standard InChI is InChI=1S/C23H27N3O2/c1-27-21-12-18-8-10-26-11-9-23(16-24,25-15-17-6-4-3-5-7-17)14-20(26)19(18)13-22(21)28-2/h3-7,12-13,20,25H,8-11,14-15H2,1-2H3/t20-,23+/m0/s1. The van der Waals surface area contributed by atoms with Gasteiger partial charge in [0, 0.05) is 25.7 Å². The predicted molar refractivity (Wildman–Crippen MR) is 108 cm³/mol. The van der Waals surface area contributed by atoms with Gasteiger partial charge in [-0.1, -0.05) is 30.3 Å². The van der Waals surface area contributed by atoms with Gasteiger partial charge in [0.15, 0.2) is 11.5 Å². The molecule has 2 heterocycles. The summed E-state index contributed by atoms with van der Waals surface area (Å²) in [5, 5.41) is 13.6. The Balaban J connectivity index is 1.60. The molecule has 0 spiro atoms. The first kappa shape index (κ1) is 18.8. The summed E-state index contributed by atoms with van der Waals surface area (Å²) in [6, 6.07) is 17.3. The Morgan fingerprint density at radius 1 is 1.14 bits per heavy atom. The highest BCUT2D eigenvalue weighted by atomic mass is 16.5. The van der Waals surface area contributed by atoms with Crippen molar-refractivity contribution >= 4 is 0 Å². The van der Waals surface area contributed by atoms with Gasteiger partial charge in [-0.3, -0.25) is 10.2 Å². The molecule has 0 amide bonds. The van der Waals surface area contributed by atoms with Gasteiger partial charge in [-0.05, 0) is 48.1 Å². The Morgan fingerprint density at radius 3 is 2.61 bits per heavy atom. The van der Waals surface area contributed by atoms with Crippen LogP contribution in [0.2, 0.25) is 0 Å². The zero-order chi connectivity index (χ0) is 19.6. The second-order valence-electron chi connectivity index (χ2n) is 7.69. The summed E-state index contributed by atoms with van der Waals surface area (Å²) in [4.78, 5) is 2.51. The first-order valence-electron chi connectivity index (χ1n) is 9.87. The van der Waals surface area contributed by atoms with Crippen molar-refractivity contribution in [3.05, 3.63) is 59.2 Å². The molecule has 2 atom stereocenters. The fraction of sp³-hybridized carbons (Fsp3) is 0.435. The first-order valence-corrected chi connectivity index (χ1v) is 9.87. The fourth-order valence-electron chi connectivity index (χ4n) is 4.52. The van der Waals surface area contributed by atoms with Crippen LogP contribution in [0, 0.1) is 11.3 Å². The van der Waals surface area contributed by atoms with Gasteiger partial charge in [-0.2, -0.15) is 5.26 Å². The summed E-state index contributed by atoms with van der Waals surface area (Å²) in [5.41, 5.74) is 3.26. The normalized spacial score (nSPS) is 24.0. The molecule has 28 heavy (non-hydrogen) atoms. The third-order valence-corrected chi connectivity index (χ3v) is 6.17. The molecule has 0 unspecified atom stereocenters. The van der Waals surface area contributed by atoms with E-state index in [1.54, 1.807) is 14.2 Å². The van der Waals surface area contributed by atoms with Crippen LogP contribution in [-0.2, 0) is 13.0 Å². The minimum absolute atomic E-state index is 0.222. The molecule has 1 N–H and O–H groups in total. The van der Waals surface area contributed by atoms with Gasteiger partial charge in [0.25, 0.3) is 0 Å². The summed E-state index contributed by atoms with van der Waals surface area (Å²) in [6.45, 7) is 2.65. The van der Waals surface area contributed by atoms with Crippen LogP contribution in [0.5, 0.6) is 11.5 Å². The van der Waals surface area contributed by atoms with Gasteiger partial charge in [0.2, 0.25) is 0 Å². The summed E-state index contributed by atoms with van der Waals surface area (Å²) >= 11 is 0. The van der Waals surface area contributed by atoms with E-state index in [2.05, 4.69) is 40.6 Å². The molecular weight excluding hydrogens is 350 g/mol. The molecule has 1 saturated heterocycles. The fourth-order valence-corrected chi connectivity index (χ4v) is 4.52. The first-order chi connectivity index (χ1) is 13.7. The number of hydrogen-bond donors (Lipinski definition) is 1. The molecule has 146 valence electrons. The SMILES string of the molecule is COc1cc2c(cc1OC)[C@@H]1C[C@](C#N)(NCc3ccccc3)CCN1CC2. The van der Waals surface area contributed by atoms with Gasteiger partial charge in [0.05, 0.1) is 20.3 Å². The average molecular weight is 377 g/mol. The Bertz CT molecular complexity index is 877. The highest BCUT2D eigenvalue weighted by molar-refractivity contribution is 5.50. The highest BCUT2D eigenvalue weighted by Gasteiger charge is 2.42. The number of rotatable bonds is 5. The van der Waals surface area contributed by atoms with Gasteiger partial charge in [0.1, 0.15) is 5.54 Å². The van der Waals surface area contributed by atoms with Crippen LogP contribution in [-0.4, -0.2) is 37.7 Å². The van der Waals surface area contributed by atoms with E-state index >= 15 is 0 Å². The maximum absolute atomic E-state index is 10.1. The van der Waals surface area contributed by atoms with E-state index in [4.69, 9.17) is 9.47 Å². The highest BCUT2D eigenvalue weighted by Crippen LogP contribution is 2.44. The number of ether oxygens (including phenoxy) is 2. The lowest BCUT2D eigenvalue weighted by Gasteiger charge is -2.47. The molecule has 4 rings (SSSR count). The number of nitrogens with one attached hydrogen (secondary N) is 1. The van der Waals surface area contributed by atoms with Crippen LogP contribution < -0.4 is 14.8 Å². The second-order valence-corrected chi connectivity index (χ2v) is 7.69.